The van der Waals surface area contributed by atoms with Gasteiger partial charge < -0.3 is 14.2 Å². The number of pyridine rings is 1. The van der Waals surface area contributed by atoms with Crippen molar-refractivity contribution in [3.05, 3.63) is 82.5 Å². The van der Waals surface area contributed by atoms with Crippen LogP contribution in [0.25, 0.3) is 6.08 Å². The number of benzene rings is 2. The highest BCUT2D eigenvalue weighted by molar-refractivity contribution is 7.90. The van der Waals surface area contributed by atoms with Gasteiger partial charge in [0.2, 0.25) is 5.88 Å². The molecule has 1 aromatic heterocycles. The van der Waals surface area contributed by atoms with Crippen molar-refractivity contribution < 1.29 is 40.6 Å². The Morgan fingerprint density at radius 3 is 2.55 bits per heavy atom. The van der Waals surface area contributed by atoms with E-state index in [2.05, 4.69) is 4.98 Å². The third-order valence-electron chi connectivity index (χ3n) is 4.83. The number of aromatic nitrogens is 1. The molecular formula is C25H22ClF3N2O6S. The fourth-order valence-electron chi connectivity index (χ4n) is 3.01. The van der Waals surface area contributed by atoms with Crippen LogP contribution < -0.4 is 14.2 Å². The first-order valence-corrected chi connectivity index (χ1v) is 12.7. The molecule has 0 unspecified atom stereocenters. The van der Waals surface area contributed by atoms with Crippen LogP contribution in [0.1, 0.15) is 16.7 Å². The lowest BCUT2D eigenvalue weighted by atomic mass is 10.1. The zero-order valence-corrected chi connectivity index (χ0v) is 21.7. The molecule has 0 saturated heterocycles. The molecule has 13 heteroatoms. The zero-order valence-electron chi connectivity index (χ0n) is 20.1. The van der Waals surface area contributed by atoms with Crippen molar-refractivity contribution in [2.75, 3.05) is 20.3 Å². The van der Waals surface area contributed by atoms with Crippen molar-refractivity contribution >= 4 is 33.6 Å². The van der Waals surface area contributed by atoms with Crippen molar-refractivity contribution in [1.29, 1.82) is 0 Å². The van der Waals surface area contributed by atoms with Crippen molar-refractivity contribution in [1.82, 2.24) is 9.71 Å². The monoisotopic (exact) mass is 570 g/mol. The molecular weight excluding hydrogens is 549 g/mol. The number of amides is 1. The molecule has 0 fully saturated rings. The maximum absolute atomic E-state index is 13.0. The number of nitrogens with one attached hydrogen (secondary N) is 1. The van der Waals surface area contributed by atoms with E-state index in [9.17, 15) is 26.4 Å². The minimum absolute atomic E-state index is 0.0275. The van der Waals surface area contributed by atoms with Gasteiger partial charge in [0.1, 0.15) is 23.1 Å². The van der Waals surface area contributed by atoms with Crippen LogP contribution in [0.2, 0.25) is 5.02 Å². The van der Waals surface area contributed by atoms with Gasteiger partial charge in [-0.1, -0.05) is 23.7 Å². The van der Waals surface area contributed by atoms with Gasteiger partial charge in [0, 0.05) is 31.0 Å². The number of sulfonamides is 1. The summed E-state index contributed by atoms with van der Waals surface area (Å²) in [6.07, 6.45) is -1.86. The fraction of sp³-hybridized carbons (Fsp3) is 0.200. The molecule has 38 heavy (non-hydrogen) atoms. The van der Waals surface area contributed by atoms with Crippen LogP contribution in [0.3, 0.4) is 0 Å². The van der Waals surface area contributed by atoms with Gasteiger partial charge in [-0.25, -0.2) is 18.1 Å². The summed E-state index contributed by atoms with van der Waals surface area (Å²) in [7, 11) is -2.63. The summed E-state index contributed by atoms with van der Waals surface area (Å²) in [6, 6.07) is 11.1. The number of carbonyl (C=O) groups is 1. The first-order valence-electron chi connectivity index (χ1n) is 10.9. The molecule has 0 aliphatic rings. The van der Waals surface area contributed by atoms with Gasteiger partial charge in [-0.15, -0.1) is 0 Å². The topological polar surface area (TPSA) is 104 Å². The normalized spacial score (nSPS) is 11.9. The summed E-state index contributed by atoms with van der Waals surface area (Å²) in [6.45, 7) is 2.20. The lowest BCUT2D eigenvalue weighted by Gasteiger charge is -2.13. The molecule has 1 amide bonds. The summed E-state index contributed by atoms with van der Waals surface area (Å²) < 4.78 is 81.9. The zero-order chi connectivity index (χ0) is 27.9. The number of hydrogen-bond acceptors (Lipinski definition) is 7. The molecule has 0 spiro atoms. The van der Waals surface area contributed by atoms with Gasteiger partial charge in [-0.05, 0) is 48.9 Å². The highest BCUT2D eigenvalue weighted by Gasteiger charge is 2.32. The van der Waals surface area contributed by atoms with Crippen LogP contribution in [0, 0.1) is 6.92 Å². The van der Waals surface area contributed by atoms with E-state index >= 15 is 0 Å². The Kier molecular flexibility index (Phi) is 9.36. The van der Waals surface area contributed by atoms with Crippen molar-refractivity contribution in [2.45, 2.75) is 18.0 Å². The number of aryl methyl sites for hydroxylation is 1. The van der Waals surface area contributed by atoms with Crippen LogP contribution in [0.5, 0.6) is 17.4 Å². The quantitative estimate of drug-likeness (QED) is 0.257. The van der Waals surface area contributed by atoms with Gasteiger partial charge in [0.25, 0.3) is 15.9 Å². The predicted octanol–water partition coefficient (Wildman–Crippen LogP) is 5.40. The molecule has 8 nitrogen and oxygen atoms in total. The average molecular weight is 571 g/mol. The first kappa shape index (κ1) is 29.0. The van der Waals surface area contributed by atoms with E-state index < -0.39 is 32.7 Å². The second kappa shape index (κ2) is 12.3. The summed E-state index contributed by atoms with van der Waals surface area (Å²) in [5, 5.41) is -0.401. The minimum Gasteiger partial charge on any atom is -0.491 e. The highest BCUT2D eigenvalue weighted by Crippen LogP contribution is 2.36. The third-order valence-corrected chi connectivity index (χ3v) is 6.45. The number of methoxy groups -OCH3 is 1. The Balaban J connectivity index is 1.87. The van der Waals surface area contributed by atoms with Gasteiger partial charge in [0.15, 0.2) is 0 Å². The molecule has 0 aliphatic carbocycles. The molecule has 0 saturated carbocycles. The maximum atomic E-state index is 13.0. The molecule has 0 aliphatic heterocycles. The Bertz CT molecular complexity index is 1450. The van der Waals surface area contributed by atoms with E-state index in [1.807, 2.05) is 4.72 Å². The predicted molar refractivity (Wildman–Crippen MR) is 134 cm³/mol. The molecule has 0 atom stereocenters. The summed E-state index contributed by atoms with van der Waals surface area (Å²) >= 11 is 5.97. The largest absolute Gasteiger partial charge is 0.491 e. The fourth-order valence-corrected chi connectivity index (χ4v) is 4.26. The number of rotatable bonds is 10. The Hall–Kier alpha value is -3.61. The molecule has 2 aromatic carbocycles. The summed E-state index contributed by atoms with van der Waals surface area (Å²) in [5.41, 5.74) is -0.107. The van der Waals surface area contributed by atoms with E-state index in [0.717, 1.165) is 6.08 Å². The Morgan fingerprint density at radius 2 is 1.89 bits per heavy atom. The average Bonchev–Trinajstić information content (AvgIpc) is 2.84. The number of ether oxygens (including phenoxy) is 3. The van der Waals surface area contributed by atoms with E-state index in [-0.39, 0.29) is 28.7 Å². The van der Waals surface area contributed by atoms with Gasteiger partial charge in [-0.3, -0.25) is 4.79 Å². The van der Waals surface area contributed by atoms with Gasteiger partial charge in [0.05, 0.1) is 17.1 Å². The van der Waals surface area contributed by atoms with Crippen molar-refractivity contribution in [3.63, 3.8) is 0 Å². The Labute approximate surface area is 222 Å². The molecule has 1 heterocycles. The molecule has 1 N–H and O–H groups in total. The maximum Gasteiger partial charge on any atom is 0.417 e. The molecule has 0 radical (unpaired) electrons. The SMILES string of the molecule is COCCOc1ccc(/C=C/C(=O)NS(=O)(=O)c2cccc(C)c2)c(Oc2ncc(C(F)(F)F)cc2Cl)c1. The third kappa shape index (κ3) is 7.94. The second-order valence-electron chi connectivity index (χ2n) is 7.77. The second-order valence-corrected chi connectivity index (χ2v) is 9.86. The number of halogens is 4. The molecule has 0 bridgehead atoms. The first-order chi connectivity index (χ1) is 17.9. The Morgan fingerprint density at radius 1 is 1.13 bits per heavy atom. The molecule has 3 aromatic rings. The van der Waals surface area contributed by atoms with Crippen molar-refractivity contribution in [3.8, 4) is 17.4 Å². The van der Waals surface area contributed by atoms with Crippen LogP contribution in [0.4, 0.5) is 13.2 Å². The lowest BCUT2D eigenvalue weighted by Crippen LogP contribution is -2.29. The summed E-state index contributed by atoms with van der Waals surface area (Å²) in [4.78, 5) is 16.0. The lowest BCUT2D eigenvalue weighted by molar-refractivity contribution is -0.137. The van der Waals surface area contributed by atoms with Crippen LogP contribution in [-0.2, 0) is 25.7 Å². The smallest absolute Gasteiger partial charge is 0.417 e. The van der Waals surface area contributed by atoms with Crippen LogP contribution in [-0.4, -0.2) is 39.6 Å². The van der Waals surface area contributed by atoms with E-state index in [4.69, 9.17) is 25.8 Å². The van der Waals surface area contributed by atoms with Crippen molar-refractivity contribution in [2.24, 2.45) is 0 Å². The number of alkyl halides is 3. The minimum atomic E-state index is -4.65. The number of hydrogen-bond donors (Lipinski definition) is 1. The van der Waals surface area contributed by atoms with Crippen LogP contribution in [0.15, 0.2) is 65.7 Å². The van der Waals surface area contributed by atoms with E-state index in [1.54, 1.807) is 25.1 Å². The van der Waals surface area contributed by atoms with E-state index in [1.165, 1.54) is 37.5 Å². The number of carbonyl (C=O) groups excluding carboxylic acids is 1. The highest BCUT2D eigenvalue weighted by atomic mass is 35.5. The summed E-state index contributed by atoms with van der Waals surface area (Å²) in [5.74, 6) is -0.915. The van der Waals surface area contributed by atoms with Crippen LogP contribution >= 0.6 is 11.6 Å². The molecule has 3 rings (SSSR count). The number of nitrogens with zero attached hydrogens (tertiary/aromatic N) is 1. The standard InChI is InChI=1S/C25H22ClF3N2O6S/c1-16-4-3-5-20(12-16)38(33,34)31-23(32)9-7-17-6-8-19(36-11-10-35-2)14-22(17)37-24-21(26)13-18(15-30-24)25(27,28)29/h3-9,12-15H,10-11H2,1-2H3,(H,31,32)/b9-7+. The van der Waals surface area contributed by atoms with E-state index in [0.29, 0.717) is 30.2 Å². The molecule has 202 valence electrons. The van der Waals surface area contributed by atoms with Gasteiger partial charge >= 0.3 is 6.18 Å². The van der Waals surface area contributed by atoms with Gasteiger partial charge in [-0.2, -0.15) is 13.2 Å².